The third kappa shape index (κ3) is 6.13. The van der Waals surface area contributed by atoms with E-state index in [-0.39, 0.29) is 17.8 Å². The van der Waals surface area contributed by atoms with Gasteiger partial charge in [-0.3, -0.25) is 14.4 Å². The van der Waals surface area contributed by atoms with Gasteiger partial charge in [0.1, 0.15) is 17.6 Å². The predicted molar refractivity (Wildman–Crippen MR) is 114 cm³/mol. The molecule has 3 heterocycles. The number of benzene rings is 1. The zero-order valence-electron chi connectivity index (χ0n) is 17.7. The summed E-state index contributed by atoms with van der Waals surface area (Å²) < 4.78 is 50.2. The maximum absolute atomic E-state index is 14.9. The van der Waals surface area contributed by atoms with E-state index >= 15 is 0 Å². The van der Waals surface area contributed by atoms with Crippen LogP contribution in [-0.2, 0) is 29.7 Å². The van der Waals surface area contributed by atoms with Gasteiger partial charge in [0.05, 0.1) is 25.9 Å². The second-order valence-corrected chi connectivity index (χ2v) is 9.98. The maximum Gasteiger partial charge on any atom is 0.481 e. The Morgan fingerprint density at radius 2 is 2.00 bits per heavy atom. The highest BCUT2D eigenvalue weighted by Gasteiger charge is 2.37. The number of rotatable bonds is 8. The lowest BCUT2D eigenvalue weighted by Gasteiger charge is -2.15. The third-order valence-corrected chi connectivity index (χ3v) is 6.74. The molecular formula is C17H17FN6O9P2. The first-order chi connectivity index (χ1) is 16.4. The number of cyclic esters (lactones) is 1. The Hall–Kier alpha value is -3.10. The van der Waals surface area contributed by atoms with Crippen molar-refractivity contribution in [1.82, 2.24) is 25.2 Å². The van der Waals surface area contributed by atoms with Crippen molar-refractivity contribution in [3.05, 3.63) is 42.3 Å². The number of carbonyl (C=O) groups excluding carboxylic acids is 1. The summed E-state index contributed by atoms with van der Waals surface area (Å²) in [6.07, 6.45) is -0.525. The smallest absolute Gasteiger partial charge is 0.441 e. The van der Waals surface area contributed by atoms with E-state index in [1.165, 1.54) is 23.1 Å². The first kappa shape index (κ1) is 25.0. The van der Waals surface area contributed by atoms with Crippen LogP contribution >= 0.6 is 15.6 Å². The number of phosphoric ester groups is 1. The van der Waals surface area contributed by atoms with Gasteiger partial charge in [-0.2, -0.15) is 9.11 Å². The molecule has 0 spiro atoms. The molecule has 1 aliphatic rings. The van der Waals surface area contributed by atoms with Crippen molar-refractivity contribution in [2.24, 2.45) is 7.05 Å². The number of nitrogens with zero attached hydrogens (tertiary/aromatic N) is 6. The fourth-order valence-corrected chi connectivity index (χ4v) is 4.75. The number of aromatic nitrogens is 5. The van der Waals surface area contributed by atoms with Crippen LogP contribution in [0.2, 0.25) is 0 Å². The predicted octanol–water partition coefficient (Wildman–Crippen LogP) is 1.63. The van der Waals surface area contributed by atoms with Crippen LogP contribution in [0.5, 0.6) is 0 Å². The minimum absolute atomic E-state index is 0.144. The molecule has 0 radical (unpaired) electrons. The Morgan fingerprint density at radius 1 is 1.23 bits per heavy atom. The minimum atomic E-state index is -5.29. The van der Waals surface area contributed by atoms with Gasteiger partial charge in [0.15, 0.2) is 0 Å². The van der Waals surface area contributed by atoms with Gasteiger partial charge in [0.25, 0.3) is 0 Å². The van der Waals surface area contributed by atoms with E-state index in [1.807, 2.05) is 0 Å². The van der Waals surface area contributed by atoms with Gasteiger partial charge >= 0.3 is 21.7 Å². The third-order valence-electron chi connectivity index (χ3n) is 4.58. The minimum Gasteiger partial charge on any atom is -0.441 e. The van der Waals surface area contributed by atoms with Crippen LogP contribution in [-0.4, -0.2) is 65.2 Å². The number of phosphoric acid groups is 2. The number of pyridine rings is 1. The number of ether oxygens (including phenoxy) is 1. The number of anilines is 1. The summed E-state index contributed by atoms with van der Waals surface area (Å²) in [5, 5.41) is 11.6. The number of carbonyl (C=O) groups is 1. The van der Waals surface area contributed by atoms with Gasteiger partial charge in [0, 0.05) is 17.3 Å². The lowest BCUT2D eigenvalue weighted by Crippen LogP contribution is -2.25. The highest BCUT2D eigenvalue weighted by molar-refractivity contribution is 7.60. The largest absolute Gasteiger partial charge is 0.481 e. The number of hydrogen-bond acceptors (Lipinski definition) is 10. The first-order valence-electron chi connectivity index (χ1n) is 9.63. The van der Waals surface area contributed by atoms with Crippen molar-refractivity contribution in [3.63, 3.8) is 0 Å². The van der Waals surface area contributed by atoms with E-state index < -0.39 is 40.3 Å². The summed E-state index contributed by atoms with van der Waals surface area (Å²) in [7, 11) is -8.78. The van der Waals surface area contributed by atoms with Crippen LogP contribution in [0.15, 0.2) is 36.5 Å². The van der Waals surface area contributed by atoms with E-state index in [1.54, 1.807) is 19.2 Å². The molecule has 2 atom stereocenters. The molecule has 0 bridgehead atoms. The number of tetrazole rings is 1. The van der Waals surface area contributed by atoms with Crippen molar-refractivity contribution in [3.8, 4) is 22.6 Å². The number of amides is 1. The van der Waals surface area contributed by atoms with E-state index in [9.17, 15) is 23.2 Å². The zero-order valence-corrected chi connectivity index (χ0v) is 19.5. The van der Waals surface area contributed by atoms with Crippen LogP contribution in [0.25, 0.3) is 22.6 Å². The number of halogens is 1. The van der Waals surface area contributed by atoms with E-state index in [2.05, 4.69) is 29.2 Å². The molecule has 3 N–H and O–H groups in total. The van der Waals surface area contributed by atoms with Gasteiger partial charge in [-0.25, -0.2) is 18.3 Å². The van der Waals surface area contributed by atoms with Crippen LogP contribution in [0, 0.1) is 5.82 Å². The monoisotopic (exact) mass is 530 g/mol. The molecule has 4 rings (SSSR count). The molecule has 1 fully saturated rings. The lowest BCUT2D eigenvalue weighted by molar-refractivity contribution is 0.0865. The second kappa shape index (κ2) is 9.51. The summed E-state index contributed by atoms with van der Waals surface area (Å²) in [4.78, 5) is 45.3. The Morgan fingerprint density at radius 3 is 2.60 bits per heavy atom. The van der Waals surface area contributed by atoms with Gasteiger partial charge in [-0.05, 0) is 29.5 Å². The van der Waals surface area contributed by atoms with Crippen LogP contribution < -0.4 is 4.90 Å². The van der Waals surface area contributed by atoms with Gasteiger partial charge in [-0.1, -0.05) is 6.07 Å². The van der Waals surface area contributed by atoms with Crippen LogP contribution in [0.4, 0.5) is 14.9 Å². The summed E-state index contributed by atoms with van der Waals surface area (Å²) in [6, 6.07) is 7.24. The molecule has 18 heteroatoms. The molecule has 1 saturated heterocycles. The lowest BCUT2D eigenvalue weighted by atomic mass is 10.1. The Kier molecular flexibility index (Phi) is 6.79. The molecule has 186 valence electrons. The normalized spacial score (nSPS) is 17.9. The average Bonchev–Trinajstić information content (AvgIpc) is 3.36. The molecule has 1 aromatic carbocycles. The fourth-order valence-electron chi connectivity index (χ4n) is 3.13. The molecule has 1 amide bonds. The van der Waals surface area contributed by atoms with Crippen molar-refractivity contribution >= 4 is 27.4 Å². The fraction of sp³-hybridized carbons (Fsp3) is 0.235. The van der Waals surface area contributed by atoms with Crippen molar-refractivity contribution < 1.29 is 46.6 Å². The van der Waals surface area contributed by atoms with Crippen molar-refractivity contribution in [2.75, 3.05) is 18.1 Å². The van der Waals surface area contributed by atoms with Crippen molar-refractivity contribution in [2.45, 2.75) is 6.10 Å². The quantitative estimate of drug-likeness (QED) is 0.355. The van der Waals surface area contributed by atoms with Crippen molar-refractivity contribution in [1.29, 1.82) is 0 Å². The van der Waals surface area contributed by atoms with E-state index in [4.69, 9.17) is 14.5 Å². The van der Waals surface area contributed by atoms with E-state index in [0.29, 0.717) is 17.1 Å². The van der Waals surface area contributed by atoms with Gasteiger partial charge < -0.3 is 19.4 Å². The first-order valence-corrected chi connectivity index (χ1v) is 12.7. The molecule has 1 aliphatic heterocycles. The Balaban J connectivity index is 1.43. The molecule has 35 heavy (non-hydrogen) atoms. The molecule has 0 aliphatic carbocycles. The second-order valence-electron chi connectivity index (χ2n) is 7.15. The molecule has 0 saturated carbocycles. The van der Waals surface area contributed by atoms with E-state index in [0.717, 1.165) is 11.0 Å². The molecule has 2 aromatic heterocycles. The van der Waals surface area contributed by atoms with Gasteiger partial charge in [-0.15, -0.1) is 10.2 Å². The van der Waals surface area contributed by atoms with Crippen LogP contribution in [0.3, 0.4) is 0 Å². The molecular weight excluding hydrogens is 513 g/mol. The Bertz CT molecular complexity index is 1350. The van der Waals surface area contributed by atoms with Gasteiger partial charge in [0.2, 0.25) is 5.82 Å². The zero-order chi connectivity index (χ0) is 25.4. The summed E-state index contributed by atoms with van der Waals surface area (Å²) in [5.74, 6) is -0.344. The van der Waals surface area contributed by atoms with Crippen LogP contribution in [0.1, 0.15) is 0 Å². The highest BCUT2D eigenvalue weighted by atomic mass is 31.3. The standard InChI is InChI=1S/C17H17FN6O9P2/c1-23-21-16(20-22-23)15-5-2-10(7-19-15)13-4-3-11(6-14(13)18)24-8-12(32-17(24)25)9-31-35(29,30)33-34(26,27)28/h2-7,12H,8-9H2,1H3,(H,29,30)(H2,26,27,28)/t12-/m1/s1. The SMILES string of the molecule is Cn1nnc(-c2ccc(-c3ccc(N4C[C@H](COP(=O)(O)OP(=O)(O)O)OC4=O)cc3F)cn2)n1. The molecule has 3 aromatic rings. The molecule has 15 nitrogen and oxygen atoms in total. The summed E-state index contributed by atoms with van der Waals surface area (Å²) in [6.45, 7) is -0.885. The Labute approximate surface area is 195 Å². The maximum atomic E-state index is 14.9. The summed E-state index contributed by atoms with van der Waals surface area (Å²) >= 11 is 0. The molecule has 1 unspecified atom stereocenters. The topological polar surface area (TPSA) is 199 Å². The number of aryl methyl sites for hydroxylation is 1. The summed E-state index contributed by atoms with van der Waals surface area (Å²) in [5.41, 5.74) is 1.26. The average molecular weight is 530 g/mol. The highest BCUT2D eigenvalue weighted by Crippen LogP contribution is 2.57. The number of hydrogen-bond donors (Lipinski definition) is 3.